The monoisotopic (exact) mass is 438 g/mol. The number of carbonyl (C=O) groups excluding carboxylic acids is 3. The third-order valence-electron chi connectivity index (χ3n) is 5.37. The zero-order valence-corrected chi connectivity index (χ0v) is 18.3. The summed E-state index contributed by atoms with van der Waals surface area (Å²) in [5.41, 5.74) is 3.16. The number of esters is 1. The minimum absolute atomic E-state index is 0.0202. The van der Waals surface area contributed by atoms with E-state index < -0.39 is 5.97 Å². The first-order valence-corrected chi connectivity index (χ1v) is 10.6. The van der Waals surface area contributed by atoms with Crippen LogP contribution in [0.2, 0.25) is 0 Å². The molecule has 1 aliphatic rings. The third kappa shape index (κ3) is 3.84. The number of para-hydroxylation sites is 1. The van der Waals surface area contributed by atoms with E-state index in [-0.39, 0.29) is 11.8 Å². The highest BCUT2D eigenvalue weighted by Gasteiger charge is 2.30. The first-order valence-electron chi connectivity index (χ1n) is 9.80. The summed E-state index contributed by atoms with van der Waals surface area (Å²) in [5.74, 6) is -0.874. The normalized spacial score (nSPS) is 12.9. The Bertz CT molecular complexity index is 1170. The molecule has 9 heteroatoms. The third-order valence-corrected chi connectivity index (χ3v) is 6.51. The zero-order valence-electron chi connectivity index (χ0n) is 17.5. The fourth-order valence-corrected chi connectivity index (χ4v) is 4.96. The minimum atomic E-state index is -0.499. The van der Waals surface area contributed by atoms with Gasteiger partial charge < -0.3 is 15.0 Å². The maximum Gasteiger partial charge on any atom is 0.341 e. The smallest absolute Gasteiger partial charge is 0.341 e. The molecule has 31 heavy (non-hydrogen) atoms. The van der Waals surface area contributed by atoms with Gasteiger partial charge in [-0.1, -0.05) is 18.2 Å². The number of nitrogens with one attached hydrogen (secondary N) is 1. The summed E-state index contributed by atoms with van der Waals surface area (Å²) in [6, 6.07) is 9.53. The van der Waals surface area contributed by atoms with E-state index in [0.29, 0.717) is 41.3 Å². The molecule has 2 amide bonds. The number of rotatable bonds is 4. The molecule has 2 aromatic heterocycles. The quantitative estimate of drug-likeness (QED) is 0.632. The Morgan fingerprint density at radius 2 is 1.94 bits per heavy atom. The van der Waals surface area contributed by atoms with Crippen LogP contribution >= 0.6 is 11.3 Å². The average Bonchev–Trinajstić information content (AvgIpc) is 3.33. The van der Waals surface area contributed by atoms with E-state index in [1.165, 1.54) is 31.6 Å². The van der Waals surface area contributed by atoms with Gasteiger partial charge in [0.25, 0.3) is 5.91 Å². The van der Waals surface area contributed by atoms with Crippen LogP contribution in [-0.4, -0.2) is 46.1 Å². The number of amides is 2. The number of ether oxygens (including phenoxy) is 1. The maximum atomic E-state index is 13.1. The van der Waals surface area contributed by atoms with Gasteiger partial charge in [0.05, 0.1) is 42.4 Å². The van der Waals surface area contributed by atoms with Crippen LogP contribution < -0.4 is 5.32 Å². The molecule has 1 aromatic carbocycles. The minimum Gasteiger partial charge on any atom is -0.465 e. The van der Waals surface area contributed by atoms with E-state index in [2.05, 4.69) is 10.4 Å². The Morgan fingerprint density at radius 3 is 2.61 bits per heavy atom. The van der Waals surface area contributed by atoms with Gasteiger partial charge in [-0.15, -0.1) is 11.3 Å². The van der Waals surface area contributed by atoms with Crippen molar-refractivity contribution in [2.24, 2.45) is 0 Å². The van der Waals surface area contributed by atoms with Crippen LogP contribution in [0.4, 0.5) is 5.00 Å². The van der Waals surface area contributed by atoms with E-state index in [9.17, 15) is 14.4 Å². The lowest BCUT2D eigenvalue weighted by molar-refractivity contribution is -0.129. The molecule has 0 radical (unpaired) electrons. The highest BCUT2D eigenvalue weighted by Crippen LogP contribution is 2.38. The Kier molecular flexibility index (Phi) is 5.60. The summed E-state index contributed by atoms with van der Waals surface area (Å²) in [6.45, 7) is 4.29. The topological polar surface area (TPSA) is 93.5 Å². The molecule has 8 nitrogen and oxygen atoms in total. The molecule has 1 N–H and O–H groups in total. The lowest BCUT2D eigenvalue weighted by Gasteiger charge is -2.25. The zero-order chi connectivity index (χ0) is 22.1. The first-order chi connectivity index (χ1) is 14.9. The fourth-order valence-electron chi connectivity index (χ4n) is 3.71. The van der Waals surface area contributed by atoms with Crippen LogP contribution in [-0.2, 0) is 22.5 Å². The predicted octanol–water partition coefficient (Wildman–Crippen LogP) is 3.19. The molecule has 0 unspecified atom stereocenters. The van der Waals surface area contributed by atoms with Gasteiger partial charge in [0.15, 0.2) is 0 Å². The second-order valence-electron chi connectivity index (χ2n) is 7.24. The lowest BCUT2D eigenvalue weighted by atomic mass is 10.0. The number of nitrogens with zero attached hydrogens (tertiary/aromatic N) is 3. The number of benzene rings is 1. The molecule has 3 heterocycles. The number of fused-ring (bicyclic) bond motifs is 1. The molecular weight excluding hydrogens is 416 g/mol. The van der Waals surface area contributed by atoms with Crippen LogP contribution in [0.15, 0.2) is 36.5 Å². The van der Waals surface area contributed by atoms with Crippen molar-refractivity contribution in [3.63, 3.8) is 0 Å². The molecule has 160 valence electrons. The van der Waals surface area contributed by atoms with E-state index in [0.717, 1.165) is 16.1 Å². The number of hydrogen-bond donors (Lipinski definition) is 1. The number of carbonyl (C=O) groups is 3. The number of methoxy groups -OCH3 is 1. The van der Waals surface area contributed by atoms with Crippen molar-refractivity contribution in [2.75, 3.05) is 19.0 Å². The van der Waals surface area contributed by atoms with E-state index in [1.54, 1.807) is 9.58 Å². The van der Waals surface area contributed by atoms with Gasteiger partial charge in [-0.3, -0.25) is 9.59 Å². The SMILES string of the molecule is COC(=O)c1c(NC(=O)c2cnn(-c3ccccc3)c2C)sc2c1CCN(C(C)=O)C2. The summed E-state index contributed by atoms with van der Waals surface area (Å²) >= 11 is 1.30. The Morgan fingerprint density at radius 1 is 1.19 bits per heavy atom. The van der Waals surface area contributed by atoms with Crippen LogP contribution in [0.5, 0.6) is 0 Å². The van der Waals surface area contributed by atoms with Crippen molar-refractivity contribution in [1.29, 1.82) is 0 Å². The molecule has 4 rings (SSSR count). The van der Waals surface area contributed by atoms with Crippen molar-refractivity contribution in [3.05, 3.63) is 63.8 Å². The second-order valence-corrected chi connectivity index (χ2v) is 8.34. The van der Waals surface area contributed by atoms with Gasteiger partial charge in [0, 0.05) is 18.3 Å². The Labute approximate surface area is 183 Å². The van der Waals surface area contributed by atoms with Crippen LogP contribution in [0.1, 0.15) is 43.8 Å². The van der Waals surface area contributed by atoms with Crippen molar-refractivity contribution >= 4 is 34.1 Å². The molecule has 0 saturated heterocycles. The number of aromatic nitrogens is 2. The van der Waals surface area contributed by atoms with Crippen LogP contribution in [0, 0.1) is 6.92 Å². The highest BCUT2D eigenvalue weighted by molar-refractivity contribution is 7.17. The predicted molar refractivity (Wildman–Crippen MR) is 117 cm³/mol. The van der Waals surface area contributed by atoms with Crippen LogP contribution in [0.25, 0.3) is 5.69 Å². The largest absolute Gasteiger partial charge is 0.465 e. The maximum absolute atomic E-state index is 13.1. The molecule has 1 aliphatic heterocycles. The van der Waals surface area contributed by atoms with E-state index >= 15 is 0 Å². The Balaban J connectivity index is 1.65. The average molecular weight is 439 g/mol. The molecule has 3 aromatic rings. The standard InChI is InChI=1S/C22H22N4O4S/c1-13-17(11-23-26(13)15-7-5-4-6-8-15)20(28)24-21-19(22(29)30-3)16-9-10-25(14(2)27)12-18(16)31-21/h4-8,11H,9-10,12H2,1-3H3,(H,24,28). The van der Waals surface area contributed by atoms with Gasteiger partial charge in [-0.2, -0.15) is 5.10 Å². The van der Waals surface area contributed by atoms with E-state index in [4.69, 9.17) is 4.74 Å². The molecule has 0 saturated carbocycles. The molecule has 0 spiro atoms. The summed E-state index contributed by atoms with van der Waals surface area (Å²) < 4.78 is 6.66. The number of anilines is 1. The van der Waals surface area contributed by atoms with E-state index in [1.807, 2.05) is 37.3 Å². The molecule has 0 aliphatic carbocycles. The van der Waals surface area contributed by atoms with Crippen LogP contribution in [0.3, 0.4) is 0 Å². The highest BCUT2D eigenvalue weighted by atomic mass is 32.1. The molecular formula is C22H22N4O4S. The van der Waals surface area contributed by atoms with Crippen molar-refractivity contribution in [1.82, 2.24) is 14.7 Å². The van der Waals surface area contributed by atoms with Gasteiger partial charge in [-0.05, 0) is 31.0 Å². The van der Waals surface area contributed by atoms with Crippen molar-refractivity contribution in [2.45, 2.75) is 26.8 Å². The summed E-state index contributed by atoms with van der Waals surface area (Å²) in [5, 5.41) is 7.64. The molecule has 0 fully saturated rings. The summed E-state index contributed by atoms with van der Waals surface area (Å²) in [7, 11) is 1.32. The first kappa shape index (κ1) is 20.8. The molecule has 0 atom stereocenters. The van der Waals surface area contributed by atoms with Crippen molar-refractivity contribution in [3.8, 4) is 5.69 Å². The lowest BCUT2D eigenvalue weighted by Crippen LogP contribution is -2.33. The fraction of sp³-hybridized carbons (Fsp3) is 0.273. The summed E-state index contributed by atoms with van der Waals surface area (Å²) in [4.78, 5) is 39.9. The van der Waals surface area contributed by atoms with Gasteiger partial charge in [-0.25, -0.2) is 9.48 Å². The molecule has 0 bridgehead atoms. The Hall–Kier alpha value is -3.46. The second kappa shape index (κ2) is 8.35. The number of thiophene rings is 1. The number of hydrogen-bond acceptors (Lipinski definition) is 6. The van der Waals surface area contributed by atoms with Gasteiger partial charge in [0.2, 0.25) is 5.91 Å². The van der Waals surface area contributed by atoms with Gasteiger partial charge in [0.1, 0.15) is 5.00 Å². The summed E-state index contributed by atoms with van der Waals surface area (Å²) in [6.07, 6.45) is 2.05. The van der Waals surface area contributed by atoms with Crippen molar-refractivity contribution < 1.29 is 19.1 Å². The van der Waals surface area contributed by atoms with Gasteiger partial charge >= 0.3 is 5.97 Å².